The predicted octanol–water partition coefficient (Wildman–Crippen LogP) is 3.22. The van der Waals surface area contributed by atoms with E-state index in [0.717, 1.165) is 5.56 Å². The highest BCUT2D eigenvalue weighted by atomic mass is 32.1. The highest BCUT2D eigenvalue weighted by molar-refractivity contribution is 7.14. The molecule has 0 aliphatic carbocycles. The van der Waals surface area contributed by atoms with E-state index in [0.29, 0.717) is 10.8 Å². The molecule has 3 rings (SSSR count). The smallest absolute Gasteiger partial charge is 0.268 e. The van der Waals surface area contributed by atoms with E-state index in [1.807, 2.05) is 24.3 Å². The Kier molecular flexibility index (Phi) is 4.65. The third-order valence-corrected chi connectivity index (χ3v) is 3.85. The second kappa shape index (κ2) is 7.21. The summed E-state index contributed by atoms with van der Waals surface area (Å²) < 4.78 is 5.14. The number of thiazole rings is 1. The van der Waals surface area contributed by atoms with Gasteiger partial charge < -0.3 is 4.42 Å². The zero-order valence-electron chi connectivity index (χ0n) is 12.6. The summed E-state index contributed by atoms with van der Waals surface area (Å²) in [4.78, 5) is 20.5. The van der Waals surface area contributed by atoms with Crippen LogP contribution < -0.4 is 5.32 Å². The lowest BCUT2D eigenvalue weighted by Crippen LogP contribution is -2.13. The summed E-state index contributed by atoms with van der Waals surface area (Å²) in [5.41, 5.74) is 1.43. The van der Waals surface area contributed by atoms with Gasteiger partial charge >= 0.3 is 0 Å². The van der Waals surface area contributed by atoms with E-state index in [4.69, 9.17) is 9.68 Å². The second-order valence-electron chi connectivity index (χ2n) is 4.71. The molecular formula is C17H9N5O2S. The average Bonchev–Trinajstić information content (AvgIpc) is 3.29. The van der Waals surface area contributed by atoms with Crippen molar-refractivity contribution >= 4 is 28.5 Å². The van der Waals surface area contributed by atoms with Gasteiger partial charge in [-0.05, 0) is 24.3 Å². The first-order chi connectivity index (χ1) is 12.2. The van der Waals surface area contributed by atoms with E-state index in [1.54, 1.807) is 17.8 Å². The summed E-state index contributed by atoms with van der Waals surface area (Å²) in [5.74, 6) is -0.251. The molecule has 1 N–H and O–H groups in total. The number of nitrogens with one attached hydrogen (secondary N) is 1. The second-order valence-corrected chi connectivity index (χ2v) is 5.57. The monoisotopic (exact) mass is 347 g/mol. The summed E-state index contributed by atoms with van der Waals surface area (Å²) in [5, 5.41) is 22.6. The van der Waals surface area contributed by atoms with Gasteiger partial charge in [0, 0.05) is 29.4 Å². The van der Waals surface area contributed by atoms with Crippen molar-refractivity contribution < 1.29 is 9.21 Å². The van der Waals surface area contributed by atoms with Crippen molar-refractivity contribution in [2.24, 2.45) is 0 Å². The fourth-order valence-electron chi connectivity index (χ4n) is 1.93. The number of amides is 1. The summed E-state index contributed by atoms with van der Waals surface area (Å²) in [6.07, 6.45) is 4.58. The van der Waals surface area contributed by atoms with Crippen LogP contribution in [0.2, 0.25) is 0 Å². The van der Waals surface area contributed by atoms with Crippen molar-refractivity contribution in [2.45, 2.75) is 0 Å². The van der Waals surface area contributed by atoms with E-state index in [9.17, 15) is 10.1 Å². The molecule has 0 aliphatic rings. The molecule has 25 heavy (non-hydrogen) atoms. The SMILES string of the molecule is N#C/C(=C\c1ccc(C#N)o1)C(=O)Nc1nc(-c2ccncc2)cs1. The van der Waals surface area contributed by atoms with Gasteiger partial charge in [0.15, 0.2) is 5.13 Å². The molecule has 0 bridgehead atoms. The molecule has 0 unspecified atom stereocenters. The fourth-order valence-corrected chi connectivity index (χ4v) is 2.65. The first kappa shape index (κ1) is 16.1. The Morgan fingerprint density at radius 3 is 2.72 bits per heavy atom. The van der Waals surface area contributed by atoms with Crippen LogP contribution in [0.3, 0.4) is 0 Å². The van der Waals surface area contributed by atoms with Crippen LogP contribution in [0.15, 0.2) is 52.0 Å². The Balaban J connectivity index is 1.76. The van der Waals surface area contributed by atoms with Gasteiger partial charge in [0.25, 0.3) is 5.91 Å². The summed E-state index contributed by atoms with van der Waals surface area (Å²) in [6, 6.07) is 10.2. The third-order valence-electron chi connectivity index (χ3n) is 3.09. The van der Waals surface area contributed by atoms with Crippen LogP contribution in [-0.4, -0.2) is 15.9 Å². The largest absolute Gasteiger partial charge is 0.446 e. The zero-order valence-corrected chi connectivity index (χ0v) is 13.4. The number of anilines is 1. The third kappa shape index (κ3) is 3.78. The van der Waals surface area contributed by atoms with E-state index in [1.165, 1.54) is 29.5 Å². The van der Waals surface area contributed by atoms with Gasteiger partial charge in [-0.2, -0.15) is 10.5 Å². The number of pyridine rings is 1. The molecule has 7 nitrogen and oxygen atoms in total. The van der Waals surface area contributed by atoms with E-state index >= 15 is 0 Å². The molecule has 0 atom stereocenters. The minimum absolute atomic E-state index is 0.103. The Morgan fingerprint density at radius 2 is 2.04 bits per heavy atom. The van der Waals surface area contributed by atoms with Gasteiger partial charge in [0.2, 0.25) is 5.76 Å². The first-order valence-electron chi connectivity index (χ1n) is 6.98. The number of hydrogen-bond acceptors (Lipinski definition) is 7. The number of carbonyl (C=O) groups excluding carboxylic acids is 1. The van der Waals surface area contributed by atoms with Gasteiger partial charge in [-0.1, -0.05) is 0 Å². The van der Waals surface area contributed by atoms with Crippen molar-refractivity contribution in [3.8, 4) is 23.4 Å². The molecule has 3 heterocycles. The minimum Gasteiger partial charge on any atom is -0.446 e. The zero-order chi connectivity index (χ0) is 17.6. The number of nitrogens with zero attached hydrogens (tertiary/aromatic N) is 4. The molecule has 0 saturated heterocycles. The molecule has 8 heteroatoms. The lowest BCUT2D eigenvalue weighted by Gasteiger charge is -1.99. The molecule has 0 spiro atoms. The van der Waals surface area contributed by atoms with Crippen molar-refractivity contribution in [3.63, 3.8) is 0 Å². The van der Waals surface area contributed by atoms with Crippen LogP contribution >= 0.6 is 11.3 Å². The molecule has 120 valence electrons. The fraction of sp³-hybridized carbons (Fsp3) is 0. The molecule has 0 fully saturated rings. The van der Waals surface area contributed by atoms with Gasteiger partial charge in [0.1, 0.15) is 23.5 Å². The lowest BCUT2D eigenvalue weighted by atomic mass is 10.2. The highest BCUT2D eigenvalue weighted by Crippen LogP contribution is 2.24. The van der Waals surface area contributed by atoms with Crippen molar-refractivity contribution in [1.29, 1.82) is 10.5 Å². The van der Waals surface area contributed by atoms with E-state index < -0.39 is 5.91 Å². The molecule has 3 aromatic rings. The van der Waals surface area contributed by atoms with Gasteiger partial charge in [-0.3, -0.25) is 15.1 Å². The van der Waals surface area contributed by atoms with Crippen molar-refractivity contribution in [2.75, 3.05) is 5.32 Å². The Morgan fingerprint density at radius 1 is 1.24 bits per heavy atom. The van der Waals surface area contributed by atoms with Crippen LogP contribution in [0, 0.1) is 22.7 Å². The van der Waals surface area contributed by atoms with Crippen molar-refractivity contribution in [3.05, 3.63) is 59.1 Å². The number of rotatable bonds is 4. The van der Waals surface area contributed by atoms with Crippen LogP contribution in [0.1, 0.15) is 11.5 Å². The topological polar surface area (TPSA) is 116 Å². The standard InChI is InChI=1S/C17H9N5O2S/c18-8-12(7-13-1-2-14(9-19)24-13)16(23)22-17-21-15(10-25-17)11-3-5-20-6-4-11/h1-7,10H,(H,21,22,23)/b12-7+. The number of hydrogen-bond donors (Lipinski definition) is 1. The first-order valence-corrected chi connectivity index (χ1v) is 7.86. The summed E-state index contributed by atoms with van der Waals surface area (Å²) in [6.45, 7) is 0. The quantitative estimate of drug-likeness (QED) is 0.572. The Hall–Kier alpha value is -3.75. The van der Waals surface area contributed by atoms with Crippen LogP contribution in [-0.2, 0) is 4.79 Å². The highest BCUT2D eigenvalue weighted by Gasteiger charge is 2.13. The van der Waals surface area contributed by atoms with Gasteiger partial charge in [0.05, 0.1) is 5.69 Å². The normalized spacial score (nSPS) is 10.7. The Labute approximate surface area is 146 Å². The van der Waals surface area contributed by atoms with E-state index in [-0.39, 0.29) is 17.1 Å². The van der Waals surface area contributed by atoms with Crippen LogP contribution in [0.25, 0.3) is 17.3 Å². The maximum Gasteiger partial charge on any atom is 0.268 e. The molecule has 1 amide bonds. The minimum atomic E-state index is -0.604. The molecule has 3 aromatic heterocycles. The number of carbonyl (C=O) groups is 1. The van der Waals surface area contributed by atoms with Gasteiger partial charge in [-0.15, -0.1) is 11.3 Å². The lowest BCUT2D eigenvalue weighted by molar-refractivity contribution is -0.112. The molecule has 0 radical (unpaired) electrons. The molecular weight excluding hydrogens is 338 g/mol. The maximum atomic E-state index is 12.2. The van der Waals surface area contributed by atoms with Crippen molar-refractivity contribution in [1.82, 2.24) is 9.97 Å². The molecule has 0 aromatic carbocycles. The summed E-state index contributed by atoms with van der Waals surface area (Å²) in [7, 11) is 0. The maximum absolute atomic E-state index is 12.2. The van der Waals surface area contributed by atoms with Crippen LogP contribution in [0.4, 0.5) is 5.13 Å². The van der Waals surface area contributed by atoms with Gasteiger partial charge in [-0.25, -0.2) is 4.98 Å². The van der Waals surface area contributed by atoms with Crippen LogP contribution in [0.5, 0.6) is 0 Å². The number of aromatic nitrogens is 2. The Bertz CT molecular complexity index is 1020. The number of nitriles is 2. The van der Waals surface area contributed by atoms with E-state index in [2.05, 4.69) is 15.3 Å². The summed E-state index contributed by atoms with van der Waals surface area (Å²) >= 11 is 1.25. The molecule has 0 saturated carbocycles. The molecule has 0 aliphatic heterocycles. The number of furan rings is 1. The predicted molar refractivity (Wildman–Crippen MR) is 91.0 cm³/mol. The average molecular weight is 347 g/mol.